The molecule has 3 heteroatoms. The third-order valence-electron chi connectivity index (χ3n) is 2.50. The van der Waals surface area contributed by atoms with Gasteiger partial charge in [0.15, 0.2) is 11.8 Å². The number of H-pyrrole nitrogens is 1. The van der Waals surface area contributed by atoms with Crippen molar-refractivity contribution in [3.05, 3.63) is 18.2 Å². The van der Waals surface area contributed by atoms with Crippen LogP contribution in [0.5, 0.6) is 11.8 Å². The highest BCUT2D eigenvalue weighted by molar-refractivity contribution is 5.68. The molecule has 0 saturated carbocycles. The maximum Gasteiger partial charge on any atom is 0.198 e. The van der Waals surface area contributed by atoms with Gasteiger partial charge in [0.1, 0.15) is 0 Å². The summed E-state index contributed by atoms with van der Waals surface area (Å²) in [7, 11) is 0. The van der Waals surface area contributed by atoms with E-state index in [1.807, 2.05) is 0 Å². The Labute approximate surface area is 90.5 Å². The largest absolute Gasteiger partial charge is 0.494 e. The Balaban J connectivity index is 2.43. The SMILES string of the molecule is C=C(CCCCCC)c1cc(O)[nH]c1O. The first kappa shape index (κ1) is 11.7. The van der Waals surface area contributed by atoms with Crippen molar-refractivity contribution < 1.29 is 10.2 Å². The van der Waals surface area contributed by atoms with Crippen LogP contribution in [0.3, 0.4) is 0 Å². The molecule has 0 aliphatic carbocycles. The molecule has 3 N–H and O–H groups in total. The van der Waals surface area contributed by atoms with Crippen molar-refractivity contribution in [2.45, 2.75) is 39.0 Å². The summed E-state index contributed by atoms with van der Waals surface area (Å²) in [4.78, 5) is 2.44. The fraction of sp³-hybridized carbons (Fsp3) is 0.500. The predicted molar refractivity (Wildman–Crippen MR) is 61.9 cm³/mol. The van der Waals surface area contributed by atoms with Crippen molar-refractivity contribution in [1.82, 2.24) is 4.98 Å². The van der Waals surface area contributed by atoms with Gasteiger partial charge in [-0.15, -0.1) is 0 Å². The molecule has 1 rings (SSSR count). The number of hydrogen-bond acceptors (Lipinski definition) is 2. The first-order chi connectivity index (χ1) is 7.15. The molecule has 0 atom stereocenters. The molecule has 84 valence electrons. The van der Waals surface area contributed by atoms with Crippen LogP contribution < -0.4 is 0 Å². The lowest BCUT2D eigenvalue weighted by Gasteiger charge is -2.03. The van der Waals surface area contributed by atoms with Gasteiger partial charge in [-0.2, -0.15) is 0 Å². The molecule has 0 fully saturated rings. The molecule has 0 amide bonds. The molecule has 1 aromatic rings. The van der Waals surface area contributed by atoms with Gasteiger partial charge in [-0.05, 0) is 18.4 Å². The molecule has 0 spiro atoms. The van der Waals surface area contributed by atoms with Crippen molar-refractivity contribution >= 4 is 5.57 Å². The van der Waals surface area contributed by atoms with Gasteiger partial charge < -0.3 is 10.2 Å². The monoisotopic (exact) mass is 209 g/mol. The maximum absolute atomic E-state index is 9.43. The van der Waals surface area contributed by atoms with E-state index in [9.17, 15) is 5.11 Å². The summed E-state index contributed by atoms with van der Waals surface area (Å²) in [6, 6.07) is 1.51. The van der Waals surface area contributed by atoms with Crippen LogP contribution in [0.2, 0.25) is 0 Å². The molecular formula is C12H19NO2. The third kappa shape index (κ3) is 3.35. The van der Waals surface area contributed by atoms with Crippen LogP contribution in [-0.4, -0.2) is 15.2 Å². The average Bonchev–Trinajstić information content (AvgIpc) is 2.52. The van der Waals surface area contributed by atoms with E-state index in [0.29, 0.717) is 5.56 Å². The van der Waals surface area contributed by atoms with Crippen molar-refractivity contribution in [1.29, 1.82) is 0 Å². The fourth-order valence-corrected chi connectivity index (χ4v) is 1.60. The Morgan fingerprint density at radius 1 is 1.33 bits per heavy atom. The number of aromatic nitrogens is 1. The van der Waals surface area contributed by atoms with Crippen LogP contribution in [-0.2, 0) is 0 Å². The average molecular weight is 209 g/mol. The van der Waals surface area contributed by atoms with Gasteiger partial charge in [-0.25, -0.2) is 0 Å². The second kappa shape index (κ2) is 5.49. The summed E-state index contributed by atoms with van der Waals surface area (Å²) in [5, 5.41) is 18.6. The number of hydrogen-bond donors (Lipinski definition) is 3. The lowest BCUT2D eigenvalue weighted by atomic mass is 10.0. The second-order valence-corrected chi connectivity index (χ2v) is 3.83. The molecule has 1 aromatic heterocycles. The van der Waals surface area contributed by atoms with Gasteiger partial charge in [0, 0.05) is 11.6 Å². The van der Waals surface area contributed by atoms with Crippen molar-refractivity contribution in [3.63, 3.8) is 0 Å². The molecule has 1 heterocycles. The zero-order valence-corrected chi connectivity index (χ0v) is 9.21. The minimum absolute atomic E-state index is 0.00740. The maximum atomic E-state index is 9.43. The van der Waals surface area contributed by atoms with E-state index in [2.05, 4.69) is 18.5 Å². The van der Waals surface area contributed by atoms with E-state index in [1.54, 1.807) is 0 Å². The molecule has 0 saturated heterocycles. The number of nitrogens with one attached hydrogen (secondary N) is 1. The molecule has 3 nitrogen and oxygen atoms in total. The van der Waals surface area contributed by atoms with Crippen LogP contribution in [0.25, 0.3) is 5.57 Å². The molecule has 0 unspecified atom stereocenters. The molecule has 0 bridgehead atoms. The van der Waals surface area contributed by atoms with E-state index >= 15 is 0 Å². The molecule has 0 aliphatic rings. The van der Waals surface area contributed by atoms with Crippen LogP contribution >= 0.6 is 0 Å². The number of unbranched alkanes of at least 4 members (excludes halogenated alkanes) is 3. The Kier molecular flexibility index (Phi) is 4.28. The molecule has 0 radical (unpaired) electrons. The summed E-state index contributed by atoms with van der Waals surface area (Å²) in [5.41, 5.74) is 1.50. The van der Waals surface area contributed by atoms with Gasteiger partial charge in [-0.1, -0.05) is 32.8 Å². The number of aromatic hydroxyl groups is 2. The molecule has 0 aliphatic heterocycles. The fourth-order valence-electron chi connectivity index (χ4n) is 1.60. The van der Waals surface area contributed by atoms with E-state index < -0.39 is 0 Å². The first-order valence-electron chi connectivity index (χ1n) is 5.44. The Morgan fingerprint density at radius 3 is 2.60 bits per heavy atom. The van der Waals surface area contributed by atoms with Crippen molar-refractivity contribution in [2.75, 3.05) is 0 Å². The standard InChI is InChI=1S/C12H19NO2/c1-3-4-5-6-7-9(2)10-8-11(14)13-12(10)15/h8,13-15H,2-7H2,1H3. The third-order valence-corrected chi connectivity index (χ3v) is 2.50. The van der Waals surface area contributed by atoms with E-state index in [-0.39, 0.29) is 11.8 Å². The highest BCUT2D eigenvalue weighted by Crippen LogP contribution is 2.30. The normalized spacial score (nSPS) is 10.5. The van der Waals surface area contributed by atoms with Crippen LogP contribution in [0.4, 0.5) is 0 Å². The second-order valence-electron chi connectivity index (χ2n) is 3.83. The summed E-state index contributed by atoms with van der Waals surface area (Å²) < 4.78 is 0. The highest BCUT2D eigenvalue weighted by atomic mass is 16.3. The summed E-state index contributed by atoms with van der Waals surface area (Å²) in [5.74, 6) is -0.00907. The molecule has 0 aromatic carbocycles. The Bertz CT molecular complexity index is 328. The Morgan fingerprint density at radius 2 is 2.07 bits per heavy atom. The predicted octanol–water partition coefficient (Wildman–Crippen LogP) is 3.41. The summed E-state index contributed by atoms with van der Waals surface area (Å²) in [6.07, 6.45) is 5.58. The van der Waals surface area contributed by atoms with E-state index in [0.717, 1.165) is 18.4 Å². The van der Waals surface area contributed by atoms with Gasteiger partial charge in [0.25, 0.3) is 0 Å². The quantitative estimate of drug-likeness (QED) is 0.629. The topological polar surface area (TPSA) is 56.2 Å². The zero-order valence-electron chi connectivity index (χ0n) is 9.21. The van der Waals surface area contributed by atoms with Gasteiger partial charge >= 0.3 is 0 Å². The lowest BCUT2D eigenvalue weighted by molar-refractivity contribution is 0.425. The van der Waals surface area contributed by atoms with Gasteiger partial charge in [0.05, 0.1) is 0 Å². The minimum atomic E-state index is -0.0165. The highest BCUT2D eigenvalue weighted by Gasteiger charge is 2.09. The number of aromatic amines is 1. The zero-order chi connectivity index (χ0) is 11.3. The minimum Gasteiger partial charge on any atom is -0.494 e. The number of allylic oxidation sites excluding steroid dienone is 1. The van der Waals surface area contributed by atoms with Crippen LogP contribution in [0, 0.1) is 0 Å². The van der Waals surface area contributed by atoms with Crippen molar-refractivity contribution in [3.8, 4) is 11.8 Å². The molecule has 15 heavy (non-hydrogen) atoms. The van der Waals surface area contributed by atoms with Crippen LogP contribution in [0.1, 0.15) is 44.6 Å². The molecular weight excluding hydrogens is 190 g/mol. The summed E-state index contributed by atoms with van der Waals surface area (Å²) in [6.45, 7) is 6.08. The summed E-state index contributed by atoms with van der Waals surface area (Å²) >= 11 is 0. The van der Waals surface area contributed by atoms with E-state index in [1.165, 1.54) is 25.3 Å². The van der Waals surface area contributed by atoms with Gasteiger partial charge in [0.2, 0.25) is 0 Å². The smallest absolute Gasteiger partial charge is 0.198 e. The van der Waals surface area contributed by atoms with E-state index in [4.69, 9.17) is 5.11 Å². The lowest BCUT2D eigenvalue weighted by Crippen LogP contribution is -1.82. The van der Waals surface area contributed by atoms with Gasteiger partial charge in [-0.3, -0.25) is 4.98 Å². The van der Waals surface area contributed by atoms with Crippen LogP contribution in [0.15, 0.2) is 12.6 Å². The van der Waals surface area contributed by atoms with Crippen molar-refractivity contribution in [2.24, 2.45) is 0 Å². The Hall–Kier alpha value is -1.38. The first-order valence-corrected chi connectivity index (χ1v) is 5.44. The number of rotatable bonds is 6.